The van der Waals surface area contributed by atoms with Crippen LogP contribution in [0.15, 0.2) is 24.3 Å². The van der Waals surface area contributed by atoms with E-state index in [0.29, 0.717) is 18.7 Å². The maximum Gasteiger partial charge on any atom is 0.416 e. The number of carboxylic acid groups (broad SMARTS) is 1. The highest BCUT2D eigenvalue weighted by atomic mass is 19.4. The molecule has 2 rings (SSSR count). The standard InChI is InChI=1S/C12H12F3NO3/c13-12(14,15)8-1-3-9(4-2-8)19-10-5-6-16(7-10)11(17)18/h1-4,10H,5-7H2,(H,17,18). The number of nitrogens with zero attached hydrogens (tertiary/aromatic N) is 1. The summed E-state index contributed by atoms with van der Waals surface area (Å²) in [5.41, 5.74) is -0.738. The van der Waals surface area contributed by atoms with Crippen molar-refractivity contribution in [3.8, 4) is 5.75 Å². The summed E-state index contributed by atoms with van der Waals surface area (Å²) in [7, 11) is 0. The van der Waals surface area contributed by atoms with E-state index in [1.54, 1.807) is 0 Å². The molecule has 1 aliphatic heterocycles. The molecule has 0 spiro atoms. The van der Waals surface area contributed by atoms with E-state index < -0.39 is 17.8 Å². The molecular formula is C12H12F3NO3. The zero-order chi connectivity index (χ0) is 14.0. The summed E-state index contributed by atoms with van der Waals surface area (Å²) in [5.74, 6) is 0.310. The summed E-state index contributed by atoms with van der Waals surface area (Å²) < 4.78 is 42.5. The molecule has 0 aliphatic carbocycles. The number of carbonyl (C=O) groups is 1. The topological polar surface area (TPSA) is 49.8 Å². The second-order valence-corrected chi connectivity index (χ2v) is 4.28. The molecule has 4 nitrogen and oxygen atoms in total. The van der Waals surface area contributed by atoms with Crippen molar-refractivity contribution in [2.45, 2.75) is 18.7 Å². The van der Waals surface area contributed by atoms with E-state index in [9.17, 15) is 18.0 Å². The Morgan fingerprint density at radius 3 is 2.42 bits per heavy atom. The third-order valence-electron chi connectivity index (χ3n) is 2.90. The first kappa shape index (κ1) is 13.5. The van der Waals surface area contributed by atoms with Crippen LogP contribution < -0.4 is 4.74 Å². The molecule has 1 heterocycles. The van der Waals surface area contributed by atoms with E-state index in [-0.39, 0.29) is 12.6 Å². The number of halogens is 3. The minimum Gasteiger partial charge on any atom is -0.489 e. The molecule has 7 heteroatoms. The lowest BCUT2D eigenvalue weighted by Crippen LogP contribution is -2.29. The van der Waals surface area contributed by atoms with Crippen LogP contribution in [0.5, 0.6) is 5.75 Å². The van der Waals surface area contributed by atoms with Gasteiger partial charge >= 0.3 is 12.3 Å². The minimum atomic E-state index is -4.37. The van der Waals surface area contributed by atoms with Crippen LogP contribution in [-0.4, -0.2) is 35.3 Å². The van der Waals surface area contributed by atoms with Crippen LogP contribution in [-0.2, 0) is 6.18 Å². The average Bonchev–Trinajstić information content (AvgIpc) is 2.77. The van der Waals surface area contributed by atoms with Gasteiger partial charge < -0.3 is 14.7 Å². The lowest BCUT2D eigenvalue weighted by molar-refractivity contribution is -0.137. The monoisotopic (exact) mass is 275 g/mol. The van der Waals surface area contributed by atoms with Gasteiger partial charge in [-0.1, -0.05) is 0 Å². The Morgan fingerprint density at radius 1 is 1.32 bits per heavy atom. The molecule has 1 unspecified atom stereocenters. The second kappa shape index (κ2) is 4.99. The van der Waals surface area contributed by atoms with Crippen LogP contribution in [0.3, 0.4) is 0 Å². The van der Waals surface area contributed by atoms with Gasteiger partial charge in [-0.3, -0.25) is 0 Å². The summed E-state index contributed by atoms with van der Waals surface area (Å²) in [5, 5.41) is 8.77. The Bertz CT molecular complexity index is 458. The van der Waals surface area contributed by atoms with Gasteiger partial charge in [0.15, 0.2) is 0 Å². The van der Waals surface area contributed by atoms with Crippen molar-refractivity contribution in [1.29, 1.82) is 0 Å². The summed E-state index contributed by atoms with van der Waals surface area (Å²) in [6.07, 6.45) is -5.16. The zero-order valence-electron chi connectivity index (χ0n) is 9.85. The van der Waals surface area contributed by atoms with Crippen molar-refractivity contribution >= 4 is 6.09 Å². The maximum atomic E-state index is 12.4. The molecule has 1 atom stereocenters. The molecule has 1 fully saturated rings. The molecule has 0 saturated carbocycles. The van der Waals surface area contributed by atoms with Crippen LogP contribution in [0, 0.1) is 0 Å². The molecule has 1 aromatic rings. The largest absolute Gasteiger partial charge is 0.489 e. The van der Waals surface area contributed by atoms with Gasteiger partial charge in [-0.2, -0.15) is 13.2 Å². The Kier molecular flexibility index (Phi) is 3.55. The summed E-state index contributed by atoms with van der Waals surface area (Å²) in [4.78, 5) is 11.9. The molecule has 1 aromatic carbocycles. The summed E-state index contributed by atoms with van der Waals surface area (Å²) in [6.45, 7) is 0.608. The average molecular weight is 275 g/mol. The lowest BCUT2D eigenvalue weighted by atomic mass is 10.2. The molecule has 1 saturated heterocycles. The van der Waals surface area contributed by atoms with Crippen molar-refractivity contribution in [2.75, 3.05) is 13.1 Å². The fourth-order valence-electron chi connectivity index (χ4n) is 1.91. The Hall–Kier alpha value is -1.92. The normalized spacial score (nSPS) is 19.5. The van der Waals surface area contributed by atoms with Gasteiger partial charge in [0.05, 0.1) is 12.1 Å². The minimum absolute atomic E-state index is 0.232. The molecule has 0 aromatic heterocycles. The molecule has 0 bridgehead atoms. The van der Waals surface area contributed by atoms with E-state index in [2.05, 4.69) is 0 Å². The SMILES string of the molecule is O=C(O)N1CCC(Oc2ccc(C(F)(F)F)cc2)C1. The van der Waals surface area contributed by atoms with Gasteiger partial charge in [-0.25, -0.2) is 4.79 Å². The number of rotatable bonds is 2. The van der Waals surface area contributed by atoms with Gasteiger partial charge in [-0.15, -0.1) is 0 Å². The first-order valence-electron chi connectivity index (χ1n) is 5.68. The van der Waals surface area contributed by atoms with Gasteiger partial charge in [-0.05, 0) is 24.3 Å². The number of hydrogen-bond donors (Lipinski definition) is 1. The smallest absolute Gasteiger partial charge is 0.416 e. The van der Waals surface area contributed by atoms with Crippen LogP contribution >= 0.6 is 0 Å². The number of hydrogen-bond acceptors (Lipinski definition) is 2. The highest BCUT2D eigenvalue weighted by Gasteiger charge is 2.31. The van der Waals surface area contributed by atoms with Gasteiger partial charge in [0, 0.05) is 13.0 Å². The van der Waals surface area contributed by atoms with Crippen molar-refractivity contribution in [1.82, 2.24) is 4.90 Å². The Labute approximate surface area is 107 Å². The number of alkyl halides is 3. The second-order valence-electron chi connectivity index (χ2n) is 4.28. The van der Waals surface area contributed by atoms with Crippen LogP contribution in [0.2, 0.25) is 0 Å². The van der Waals surface area contributed by atoms with Crippen LogP contribution in [0.25, 0.3) is 0 Å². The molecule has 1 aliphatic rings. The third kappa shape index (κ3) is 3.30. The quantitative estimate of drug-likeness (QED) is 0.902. The molecule has 19 heavy (non-hydrogen) atoms. The van der Waals surface area contributed by atoms with E-state index in [1.165, 1.54) is 17.0 Å². The number of likely N-dealkylation sites (tertiary alicyclic amines) is 1. The molecular weight excluding hydrogens is 263 g/mol. The first-order chi connectivity index (χ1) is 8.86. The Balaban J connectivity index is 1.96. The van der Waals surface area contributed by atoms with Crippen molar-refractivity contribution in [3.05, 3.63) is 29.8 Å². The van der Waals surface area contributed by atoms with E-state index in [0.717, 1.165) is 12.1 Å². The number of ether oxygens (including phenoxy) is 1. The number of amides is 1. The maximum absolute atomic E-state index is 12.4. The zero-order valence-corrected chi connectivity index (χ0v) is 9.85. The van der Waals surface area contributed by atoms with Crippen molar-refractivity contribution in [2.24, 2.45) is 0 Å². The first-order valence-corrected chi connectivity index (χ1v) is 5.68. The van der Waals surface area contributed by atoms with Crippen molar-refractivity contribution in [3.63, 3.8) is 0 Å². The lowest BCUT2D eigenvalue weighted by Gasteiger charge is -2.15. The molecule has 0 radical (unpaired) electrons. The molecule has 1 N–H and O–H groups in total. The van der Waals surface area contributed by atoms with Gasteiger partial charge in [0.1, 0.15) is 11.9 Å². The van der Waals surface area contributed by atoms with Gasteiger partial charge in [0.2, 0.25) is 0 Å². The molecule has 1 amide bonds. The van der Waals surface area contributed by atoms with Crippen LogP contribution in [0.1, 0.15) is 12.0 Å². The van der Waals surface area contributed by atoms with Crippen LogP contribution in [0.4, 0.5) is 18.0 Å². The highest BCUT2D eigenvalue weighted by molar-refractivity contribution is 5.65. The summed E-state index contributed by atoms with van der Waals surface area (Å²) in [6, 6.07) is 4.37. The predicted octanol–water partition coefficient (Wildman–Crippen LogP) is 2.84. The van der Waals surface area contributed by atoms with E-state index in [4.69, 9.17) is 9.84 Å². The van der Waals surface area contributed by atoms with Crippen molar-refractivity contribution < 1.29 is 27.8 Å². The predicted molar refractivity (Wildman–Crippen MR) is 60.1 cm³/mol. The van der Waals surface area contributed by atoms with Gasteiger partial charge in [0.25, 0.3) is 0 Å². The van der Waals surface area contributed by atoms with E-state index in [1.807, 2.05) is 0 Å². The fourth-order valence-corrected chi connectivity index (χ4v) is 1.91. The molecule has 104 valence electrons. The Morgan fingerprint density at radius 2 is 1.95 bits per heavy atom. The third-order valence-corrected chi connectivity index (χ3v) is 2.90. The number of benzene rings is 1. The fraction of sp³-hybridized carbons (Fsp3) is 0.417. The van der Waals surface area contributed by atoms with E-state index >= 15 is 0 Å². The summed E-state index contributed by atoms with van der Waals surface area (Å²) >= 11 is 0. The highest BCUT2D eigenvalue weighted by Crippen LogP contribution is 2.30.